The Bertz CT molecular complexity index is 573. The Kier molecular flexibility index (Phi) is 3.86. The minimum absolute atomic E-state index is 0.589. The average Bonchev–Trinajstić information content (AvgIpc) is 2.42. The lowest BCUT2D eigenvalue weighted by atomic mass is 10.1. The molecule has 0 amide bonds. The Hall–Kier alpha value is -1.98. The summed E-state index contributed by atoms with van der Waals surface area (Å²) in [6.45, 7) is 0.717. The van der Waals surface area contributed by atoms with Gasteiger partial charge >= 0.3 is 0 Å². The highest BCUT2D eigenvalue weighted by Crippen LogP contribution is 2.21. The summed E-state index contributed by atoms with van der Waals surface area (Å²) in [5.41, 5.74) is 2.74. The molecule has 3 heteroatoms. The van der Waals surface area contributed by atoms with E-state index in [4.69, 9.17) is 16.9 Å². The molecular formula is C15H13ClN2. The number of para-hydroxylation sites is 1. The minimum atomic E-state index is 0.589. The number of anilines is 1. The highest BCUT2D eigenvalue weighted by atomic mass is 35.5. The molecule has 0 aromatic heterocycles. The fourth-order valence-corrected chi connectivity index (χ4v) is 2.01. The van der Waals surface area contributed by atoms with E-state index in [0.717, 1.165) is 11.3 Å². The van der Waals surface area contributed by atoms with Crippen molar-refractivity contribution in [3.8, 4) is 6.07 Å². The van der Waals surface area contributed by atoms with Crippen LogP contribution in [0.25, 0.3) is 0 Å². The van der Waals surface area contributed by atoms with Crippen LogP contribution in [0.5, 0.6) is 0 Å². The van der Waals surface area contributed by atoms with E-state index in [2.05, 4.69) is 23.1 Å². The van der Waals surface area contributed by atoms with Crippen molar-refractivity contribution in [1.29, 1.82) is 5.26 Å². The normalized spacial score (nSPS) is 9.83. The summed E-state index contributed by atoms with van der Waals surface area (Å²) < 4.78 is 0. The molecule has 0 fully saturated rings. The van der Waals surface area contributed by atoms with E-state index >= 15 is 0 Å². The van der Waals surface area contributed by atoms with E-state index in [0.29, 0.717) is 17.1 Å². The first-order valence-corrected chi connectivity index (χ1v) is 6.03. The zero-order valence-electron chi connectivity index (χ0n) is 10.1. The number of halogens is 1. The van der Waals surface area contributed by atoms with Crippen molar-refractivity contribution in [3.05, 3.63) is 64.7 Å². The molecule has 0 aliphatic heterocycles. The van der Waals surface area contributed by atoms with Crippen molar-refractivity contribution in [2.24, 2.45) is 0 Å². The van der Waals surface area contributed by atoms with E-state index in [1.807, 2.05) is 31.3 Å². The fourth-order valence-electron chi connectivity index (χ4n) is 1.77. The molecule has 2 aromatic carbocycles. The summed E-state index contributed by atoms with van der Waals surface area (Å²) in [5, 5.41) is 9.43. The van der Waals surface area contributed by atoms with Gasteiger partial charge < -0.3 is 4.90 Å². The Morgan fingerprint density at radius 3 is 2.50 bits per heavy atom. The molecule has 0 aliphatic rings. The van der Waals surface area contributed by atoms with Crippen LogP contribution in [0.15, 0.2) is 48.5 Å². The number of benzene rings is 2. The largest absolute Gasteiger partial charge is 0.370 e. The van der Waals surface area contributed by atoms with E-state index in [1.54, 1.807) is 12.1 Å². The number of hydrogen-bond donors (Lipinski definition) is 0. The van der Waals surface area contributed by atoms with E-state index < -0.39 is 0 Å². The molecule has 0 radical (unpaired) electrons. The molecule has 2 rings (SSSR count). The van der Waals surface area contributed by atoms with Crippen LogP contribution in [0.4, 0.5) is 5.69 Å². The second-order valence-corrected chi connectivity index (χ2v) is 4.52. The summed E-state index contributed by atoms with van der Waals surface area (Å²) in [6.07, 6.45) is 0. The Morgan fingerprint density at radius 1 is 1.17 bits per heavy atom. The quantitative estimate of drug-likeness (QED) is 0.834. The monoisotopic (exact) mass is 256 g/mol. The van der Waals surface area contributed by atoms with Gasteiger partial charge in [0.2, 0.25) is 0 Å². The summed E-state index contributed by atoms with van der Waals surface area (Å²) >= 11 is 6.16. The van der Waals surface area contributed by atoms with Crippen LogP contribution in [-0.2, 0) is 6.54 Å². The van der Waals surface area contributed by atoms with Crippen LogP contribution in [0.1, 0.15) is 11.1 Å². The molecule has 90 valence electrons. The maximum Gasteiger partial charge on any atom is 0.0992 e. The first-order chi connectivity index (χ1) is 8.70. The summed E-state index contributed by atoms with van der Waals surface area (Å²) in [5.74, 6) is 0. The predicted octanol–water partition coefficient (Wildman–Crippen LogP) is 3.85. The van der Waals surface area contributed by atoms with Crippen molar-refractivity contribution in [2.75, 3.05) is 11.9 Å². The molecular weight excluding hydrogens is 244 g/mol. The Balaban J connectivity index is 2.18. The number of nitriles is 1. The van der Waals surface area contributed by atoms with E-state index in [1.165, 1.54) is 0 Å². The molecule has 0 saturated heterocycles. The van der Waals surface area contributed by atoms with Crippen molar-refractivity contribution in [3.63, 3.8) is 0 Å². The van der Waals surface area contributed by atoms with Crippen molar-refractivity contribution in [1.82, 2.24) is 0 Å². The molecule has 18 heavy (non-hydrogen) atoms. The summed E-state index contributed by atoms with van der Waals surface area (Å²) in [6, 6.07) is 17.6. The lowest BCUT2D eigenvalue weighted by molar-refractivity contribution is 0.923. The van der Waals surface area contributed by atoms with Gasteiger partial charge in [0.1, 0.15) is 0 Å². The van der Waals surface area contributed by atoms with Crippen molar-refractivity contribution >= 4 is 17.3 Å². The molecule has 0 aliphatic carbocycles. The first-order valence-electron chi connectivity index (χ1n) is 5.65. The van der Waals surface area contributed by atoms with Crippen LogP contribution in [0.3, 0.4) is 0 Å². The number of hydrogen-bond acceptors (Lipinski definition) is 2. The van der Waals surface area contributed by atoms with Gasteiger partial charge in [0, 0.05) is 24.3 Å². The van der Waals surface area contributed by atoms with Gasteiger partial charge in [-0.15, -0.1) is 0 Å². The number of nitrogens with zero attached hydrogens (tertiary/aromatic N) is 2. The van der Waals surface area contributed by atoms with Gasteiger partial charge in [0.15, 0.2) is 0 Å². The molecule has 0 atom stereocenters. The van der Waals surface area contributed by atoms with Crippen LogP contribution < -0.4 is 4.90 Å². The highest BCUT2D eigenvalue weighted by Gasteiger charge is 2.06. The molecule has 0 heterocycles. The zero-order chi connectivity index (χ0) is 13.0. The fraction of sp³-hybridized carbons (Fsp3) is 0.133. The van der Waals surface area contributed by atoms with Crippen LogP contribution in [0, 0.1) is 11.3 Å². The van der Waals surface area contributed by atoms with Gasteiger partial charge in [-0.25, -0.2) is 0 Å². The molecule has 2 aromatic rings. The van der Waals surface area contributed by atoms with Gasteiger partial charge in [-0.2, -0.15) is 5.26 Å². The molecule has 2 nitrogen and oxygen atoms in total. The lowest BCUT2D eigenvalue weighted by Crippen LogP contribution is -2.16. The average molecular weight is 257 g/mol. The highest BCUT2D eigenvalue weighted by molar-refractivity contribution is 6.31. The maximum absolute atomic E-state index is 8.79. The molecule has 0 saturated carbocycles. The maximum atomic E-state index is 8.79. The van der Waals surface area contributed by atoms with Crippen molar-refractivity contribution < 1.29 is 0 Å². The second kappa shape index (κ2) is 5.57. The van der Waals surface area contributed by atoms with Gasteiger partial charge in [-0.3, -0.25) is 0 Å². The third-order valence-electron chi connectivity index (χ3n) is 2.79. The molecule has 0 bridgehead atoms. The first kappa shape index (κ1) is 12.5. The van der Waals surface area contributed by atoms with Gasteiger partial charge in [0.05, 0.1) is 11.6 Å². The lowest BCUT2D eigenvalue weighted by Gasteiger charge is -2.20. The van der Waals surface area contributed by atoms with Crippen LogP contribution >= 0.6 is 11.6 Å². The topological polar surface area (TPSA) is 27.0 Å². The van der Waals surface area contributed by atoms with Crippen LogP contribution in [0.2, 0.25) is 5.02 Å². The molecule has 0 unspecified atom stereocenters. The standard InChI is InChI=1S/C15H13ClN2/c1-18(14-5-3-2-4-6-14)11-13-8-7-12(10-17)9-15(13)16/h2-9H,11H2,1H3. The minimum Gasteiger partial charge on any atom is -0.370 e. The summed E-state index contributed by atoms with van der Waals surface area (Å²) in [4.78, 5) is 2.12. The van der Waals surface area contributed by atoms with Gasteiger partial charge in [-0.05, 0) is 29.8 Å². The molecule has 0 N–H and O–H groups in total. The van der Waals surface area contributed by atoms with E-state index in [-0.39, 0.29) is 0 Å². The van der Waals surface area contributed by atoms with Gasteiger partial charge in [0.25, 0.3) is 0 Å². The smallest absolute Gasteiger partial charge is 0.0992 e. The predicted molar refractivity (Wildman–Crippen MR) is 74.7 cm³/mol. The molecule has 0 spiro atoms. The zero-order valence-corrected chi connectivity index (χ0v) is 10.9. The second-order valence-electron chi connectivity index (χ2n) is 4.11. The Morgan fingerprint density at radius 2 is 1.89 bits per heavy atom. The third-order valence-corrected chi connectivity index (χ3v) is 3.14. The number of rotatable bonds is 3. The van der Waals surface area contributed by atoms with E-state index in [9.17, 15) is 0 Å². The van der Waals surface area contributed by atoms with Crippen LogP contribution in [-0.4, -0.2) is 7.05 Å². The summed E-state index contributed by atoms with van der Waals surface area (Å²) in [7, 11) is 2.02. The van der Waals surface area contributed by atoms with Gasteiger partial charge in [-0.1, -0.05) is 35.9 Å². The SMILES string of the molecule is CN(Cc1ccc(C#N)cc1Cl)c1ccccc1. The Labute approximate surface area is 112 Å². The van der Waals surface area contributed by atoms with Crippen molar-refractivity contribution in [2.45, 2.75) is 6.54 Å². The third kappa shape index (κ3) is 2.82.